The summed E-state index contributed by atoms with van der Waals surface area (Å²) in [7, 11) is 3.16. The van der Waals surface area contributed by atoms with Gasteiger partial charge in [-0.2, -0.15) is 0 Å². The summed E-state index contributed by atoms with van der Waals surface area (Å²) >= 11 is 0. The van der Waals surface area contributed by atoms with Crippen molar-refractivity contribution in [2.45, 2.75) is 39.8 Å². The number of hydrogen-bond donors (Lipinski definition) is 2. The molecule has 21 heavy (non-hydrogen) atoms. The summed E-state index contributed by atoms with van der Waals surface area (Å²) in [5.41, 5.74) is 0. The molecule has 2 N–H and O–H groups in total. The van der Waals surface area contributed by atoms with Gasteiger partial charge in [0.25, 0.3) is 0 Å². The topological polar surface area (TPSA) is 66.0 Å². The van der Waals surface area contributed by atoms with Crippen LogP contribution >= 0.6 is 0 Å². The van der Waals surface area contributed by atoms with E-state index in [1.54, 1.807) is 7.05 Å². The zero-order valence-electron chi connectivity index (χ0n) is 14.1. The highest BCUT2D eigenvalue weighted by molar-refractivity contribution is 5.81. The monoisotopic (exact) mass is 298 g/mol. The smallest absolute Gasteiger partial charge is 0.310 e. The van der Waals surface area contributed by atoms with Crippen molar-refractivity contribution in [2.75, 3.05) is 33.8 Å². The molecule has 3 unspecified atom stereocenters. The van der Waals surface area contributed by atoms with E-state index >= 15 is 0 Å². The molecule has 1 rings (SSSR count). The number of likely N-dealkylation sites (tertiary alicyclic amines) is 1. The van der Waals surface area contributed by atoms with Crippen molar-refractivity contribution in [1.82, 2.24) is 15.5 Å². The van der Waals surface area contributed by atoms with Gasteiger partial charge in [0, 0.05) is 38.8 Å². The van der Waals surface area contributed by atoms with E-state index in [4.69, 9.17) is 4.74 Å². The lowest BCUT2D eigenvalue weighted by Crippen LogP contribution is -2.48. The molecule has 0 saturated carbocycles. The molecule has 3 atom stereocenters. The standard InChI is InChI=1S/C15H30N4O2/c1-10(2)19-8-12(4)13(9-19)18-15(16-5)17-7-11(3)14(20)21-6/h10-13H,7-9H2,1-6H3,(H2,16,17,18). The van der Waals surface area contributed by atoms with Crippen molar-refractivity contribution in [3.63, 3.8) is 0 Å². The zero-order chi connectivity index (χ0) is 16.0. The lowest BCUT2D eigenvalue weighted by Gasteiger charge is -2.22. The number of aliphatic imine (C=N–C) groups is 1. The van der Waals surface area contributed by atoms with Crippen LogP contribution in [0.4, 0.5) is 0 Å². The van der Waals surface area contributed by atoms with Crippen molar-refractivity contribution in [1.29, 1.82) is 0 Å². The minimum atomic E-state index is -0.210. The average molecular weight is 298 g/mol. The van der Waals surface area contributed by atoms with Crippen LogP contribution in [0.15, 0.2) is 4.99 Å². The number of guanidine groups is 1. The summed E-state index contributed by atoms with van der Waals surface area (Å²) in [5.74, 6) is 0.914. The van der Waals surface area contributed by atoms with Crippen LogP contribution < -0.4 is 10.6 Å². The van der Waals surface area contributed by atoms with Gasteiger partial charge in [-0.1, -0.05) is 13.8 Å². The number of methoxy groups -OCH3 is 1. The predicted molar refractivity (Wildman–Crippen MR) is 85.3 cm³/mol. The van der Waals surface area contributed by atoms with Gasteiger partial charge in [-0.15, -0.1) is 0 Å². The Morgan fingerprint density at radius 2 is 2.05 bits per heavy atom. The predicted octanol–water partition coefficient (Wildman–Crippen LogP) is 0.689. The molecule has 6 heteroatoms. The van der Waals surface area contributed by atoms with Crippen LogP contribution in [0.1, 0.15) is 27.7 Å². The second-order valence-electron chi connectivity index (χ2n) is 6.15. The van der Waals surface area contributed by atoms with E-state index in [0.717, 1.165) is 19.0 Å². The maximum absolute atomic E-state index is 11.4. The average Bonchev–Trinajstić information content (AvgIpc) is 2.83. The Morgan fingerprint density at radius 3 is 2.52 bits per heavy atom. The summed E-state index contributed by atoms with van der Waals surface area (Å²) in [6, 6.07) is 0.945. The minimum Gasteiger partial charge on any atom is -0.469 e. The Hall–Kier alpha value is -1.30. The first-order valence-electron chi connectivity index (χ1n) is 7.68. The third-order valence-electron chi connectivity index (χ3n) is 4.10. The van der Waals surface area contributed by atoms with Crippen molar-refractivity contribution in [3.05, 3.63) is 0 Å². The third kappa shape index (κ3) is 5.19. The number of nitrogens with zero attached hydrogens (tertiary/aromatic N) is 2. The normalized spacial score (nSPS) is 25.0. The van der Waals surface area contributed by atoms with Crippen LogP contribution in [0.25, 0.3) is 0 Å². The zero-order valence-corrected chi connectivity index (χ0v) is 14.1. The Balaban J connectivity index is 2.46. The van der Waals surface area contributed by atoms with Crippen LogP contribution in [0, 0.1) is 11.8 Å². The number of hydrogen-bond acceptors (Lipinski definition) is 4. The van der Waals surface area contributed by atoms with Crippen LogP contribution in [0.2, 0.25) is 0 Å². The Labute approximate surface area is 128 Å². The molecular weight excluding hydrogens is 268 g/mol. The first kappa shape index (κ1) is 17.8. The second kappa shape index (κ2) is 8.22. The fourth-order valence-electron chi connectivity index (χ4n) is 2.52. The van der Waals surface area contributed by atoms with E-state index in [9.17, 15) is 4.79 Å². The number of esters is 1. The maximum atomic E-state index is 11.4. The van der Waals surface area contributed by atoms with Gasteiger partial charge in [0.1, 0.15) is 0 Å². The molecule has 0 spiro atoms. The number of nitrogens with one attached hydrogen (secondary N) is 2. The first-order valence-corrected chi connectivity index (χ1v) is 7.68. The van der Waals surface area contributed by atoms with Gasteiger partial charge < -0.3 is 15.4 Å². The second-order valence-corrected chi connectivity index (χ2v) is 6.15. The highest BCUT2D eigenvalue weighted by atomic mass is 16.5. The third-order valence-corrected chi connectivity index (χ3v) is 4.10. The largest absolute Gasteiger partial charge is 0.469 e. The highest BCUT2D eigenvalue weighted by Crippen LogP contribution is 2.18. The van der Waals surface area contributed by atoms with Gasteiger partial charge in [0.2, 0.25) is 0 Å². The van der Waals surface area contributed by atoms with Gasteiger partial charge in [0.05, 0.1) is 13.0 Å². The molecule has 0 aromatic heterocycles. The van der Waals surface area contributed by atoms with E-state index < -0.39 is 0 Å². The quantitative estimate of drug-likeness (QED) is 0.444. The number of carbonyl (C=O) groups is 1. The van der Waals surface area contributed by atoms with Gasteiger partial charge in [-0.3, -0.25) is 14.7 Å². The van der Waals surface area contributed by atoms with Gasteiger partial charge in [-0.05, 0) is 19.8 Å². The molecule has 0 amide bonds. The molecule has 0 radical (unpaired) electrons. The fourth-order valence-corrected chi connectivity index (χ4v) is 2.52. The van der Waals surface area contributed by atoms with Gasteiger partial charge in [0.15, 0.2) is 5.96 Å². The van der Waals surface area contributed by atoms with Crippen LogP contribution in [0.3, 0.4) is 0 Å². The van der Waals surface area contributed by atoms with E-state index in [-0.39, 0.29) is 11.9 Å². The van der Waals surface area contributed by atoms with Crippen molar-refractivity contribution < 1.29 is 9.53 Å². The Bertz CT molecular complexity index is 371. The molecule has 0 bridgehead atoms. The summed E-state index contributed by atoms with van der Waals surface area (Å²) in [6.45, 7) is 11.2. The highest BCUT2D eigenvalue weighted by Gasteiger charge is 2.31. The molecule has 1 aliphatic rings. The lowest BCUT2D eigenvalue weighted by molar-refractivity contribution is -0.144. The molecule has 1 heterocycles. The molecule has 1 saturated heterocycles. The molecule has 1 aliphatic heterocycles. The lowest BCUT2D eigenvalue weighted by atomic mass is 10.1. The SMILES string of the molecule is CN=C(NCC(C)C(=O)OC)NC1CN(C(C)C)CC1C. The van der Waals surface area contributed by atoms with Gasteiger partial charge in [-0.25, -0.2) is 0 Å². The number of ether oxygens (including phenoxy) is 1. The van der Waals surface area contributed by atoms with Crippen LogP contribution in [-0.4, -0.2) is 62.7 Å². The minimum absolute atomic E-state index is 0.193. The summed E-state index contributed by atoms with van der Waals surface area (Å²) in [5, 5.41) is 6.65. The van der Waals surface area contributed by atoms with E-state index in [0.29, 0.717) is 24.5 Å². The molecule has 122 valence electrons. The molecule has 6 nitrogen and oxygen atoms in total. The molecular formula is C15H30N4O2. The van der Waals surface area contributed by atoms with Crippen molar-refractivity contribution in [2.24, 2.45) is 16.8 Å². The number of rotatable bonds is 5. The van der Waals surface area contributed by atoms with E-state index in [1.807, 2.05) is 6.92 Å². The van der Waals surface area contributed by atoms with Crippen LogP contribution in [-0.2, 0) is 9.53 Å². The maximum Gasteiger partial charge on any atom is 0.310 e. The summed E-state index contributed by atoms with van der Waals surface area (Å²) < 4.78 is 4.72. The molecule has 0 aromatic rings. The molecule has 0 aromatic carbocycles. The van der Waals surface area contributed by atoms with Crippen LogP contribution in [0.5, 0.6) is 0 Å². The van der Waals surface area contributed by atoms with E-state index in [1.165, 1.54) is 7.11 Å². The van der Waals surface area contributed by atoms with Crippen molar-refractivity contribution in [3.8, 4) is 0 Å². The Kier molecular flexibility index (Phi) is 6.95. The molecule has 0 aliphatic carbocycles. The van der Waals surface area contributed by atoms with Crippen molar-refractivity contribution >= 4 is 11.9 Å². The van der Waals surface area contributed by atoms with Gasteiger partial charge >= 0.3 is 5.97 Å². The summed E-state index contributed by atoms with van der Waals surface area (Å²) in [4.78, 5) is 18.1. The molecule has 1 fully saturated rings. The van der Waals surface area contributed by atoms with E-state index in [2.05, 4.69) is 41.3 Å². The first-order chi connectivity index (χ1) is 9.88. The summed E-state index contributed by atoms with van der Waals surface area (Å²) in [6.07, 6.45) is 0. The fraction of sp³-hybridized carbons (Fsp3) is 0.867. The number of carbonyl (C=O) groups excluding carboxylic acids is 1. The Morgan fingerprint density at radius 1 is 1.38 bits per heavy atom.